The minimum atomic E-state index is 0.144. The van der Waals surface area contributed by atoms with Gasteiger partial charge in [-0.25, -0.2) is 0 Å². The number of nitrogens with one attached hydrogen (secondary N) is 1. The molecule has 1 N–H and O–H groups in total. The molecule has 3 nitrogen and oxygen atoms in total. The van der Waals surface area contributed by atoms with Gasteiger partial charge in [-0.1, -0.05) is 31.2 Å². The molecule has 2 aromatic carbocycles. The summed E-state index contributed by atoms with van der Waals surface area (Å²) < 4.78 is 11.2. The van der Waals surface area contributed by atoms with E-state index in [2.05, 4.69) is 37.4 Å². The van der Waals surface area contributed by atoms with Gasteiger partial charge in [0.25, 0.3) is 0 Å². The van der Waals surface area contributed by atoms with E-state index in [1.165, 1.54) is 11.1 Å². The average molecular weight is 285 g/mol. The second kappa shape index (κ2) is 7.70. The van der Waals surface area contributed by atoms with Crippen LogP contribution in [0.2, 0.25) is 0 Å². The van der Waals surface area contributed by atoms with Crippen LogP contribution >= 0.6 is 0 Å². The third-order valence-electron chi connectivity index (χ3n) is 3.35. The molecule has 0 aliphatic carbocycles. The van der Waals surface area contributed by atoms with Crippen molar-refractivity contribution < 1.29 is 9.47 Å². The number of likely N-dealkylation sites (N-methyl/N-ethyl adjacent to an activating group) is 1. The molecule has 0 aliphatic heterocycles. The Morgan fingerprint density at radius 2 is 1.81 bits per heavy atom. The van der Waals surface area contributed by atoms with Crippen LogP contribution in [0.3, 0.4) is 0 Å². The molecule has 112 valence electrons. The fraction of sp³-hybridized carbons (Fsp3) is 0.333. The van der Waals surface area contributed by atoms with Gasteiger partial charge < -0.3 is 14.8 Å². The first-order valence-electron chi connectivity index (χ1n) is 7.29. The van der Waals surface area contributed by atoms with Gasteiger partial charge >= 0.3 is 0 Å². The first-order valence-corrected chi connectivity index (χ1v) is 7.29. The standard InChI is InChI=1S/C18H23NO2/c1-4-19-18(15-8-6-9-16(12-15)20-3)13-21-17-10-5-7-14(2)11-17/h5-12,18-19H,4,13H2,1-3H3. The van der Waals surface area contributed by atoms with Crippen molar-refractivity contribution in [3.8, 4) is 11.5 Å². The maximum absolute atomic E-state index is 5.93. The highest BCUT2D eigenvalue weighted by Crippen LogP contribution is 2.21. The van der Waals surface area contributed by atoms with Gasteiger partial charge in [0, 0.05) is 0 Å². The van der Waals surface area contributed by atoms with Crippen molar-refractivity contribution in [2.45, 2.75) is 19.9 Å². The number of hydrogen-bond acceptors (Lipinski definition) is 3. The van der Waals surface area contributed by atoms with Crippen LogP contribution in [0.5, 0.6) is 11.5 Å². The molecule has 2 aromatic rings. The van der Waals surface area contributed by atoms with Crippen molar-refractivity contribution >= 4 is 0 Å². The van der Waals surface area contributed by atoms with Gasteiger partial charge in [0.15, 0.2) is 0 Å². The van der Waals surface area contributed by atoms with E-state index in [1.807, 2.05) is 30.3 Å². The van der Waals surface area contributed by atoms with E-state index in [0.29, 0.717) is 6.61 Å². The quantitative estimate of drug-likeness (QED) is 0.840. The fourth-order valence-electron chi connectivity index (χ4n) is 2.26. The smallest absolute Gasteiger partial charge is 0.119 e. The number of hydrogen-bond donors (Lipinski definition) is 1. The van der Waals surface area contributed by atoms with Crippen LogP contribution in [0, 0.1) is 6.92 Å². The summed E-state index contributed by atoms with van der Waals surface area (Å²) in [5.41, 5.74) is 2.37. The van der Waals surface area contributed by atoms with Crippen LogP contribution in [-0.4, -0.2) is 20.3 Å². The Kier molecular flexibility index (Phi) is 5.64. The molecule has 0 spiro atoms. The molecule has 0 amide bonds. The summed E-state index contributed by atoms with van der Waals surface area (Å²) >= 11 is 0. The maximum atomic E-state index is 5.93. The molecule has 21 heavy (non-hydrogen) atoms. The molecular weight excluding hydrogens is 262 g/mol. The first kappa shape index (κ1) is 15.4. The maximum Gasteiger partial charge on any atom is 0.119 e. The van der Waals surface area contributed by atoms with E-state index >= 15 is 0 Å². The van der Waals surface area contributed by atoms with Crippen molar-refractivity contribution in [1.29, 1.82) is 0 Å². The van der Waals surface area contributed by atoms with Crippen LogP contribution < -0.4 is 14.8 Å². The minimum Gasteiger partial charge on any atom is -0.497 e. The first-order chi connectivity index (χ1) is 10.2. The predicted octanol–water partition coefficient (Wildman–Crippen LogP) is 3.73. The number of benzene rings is 2. The van der Waals surface area contributed by atoms with Gasteiger partial charge in [0.1, 0.15) is 18.1 Å². The van der Waals surface area contributed by atoms with E-state index < -0.39 is 0 Å². The molecule has 0 fully saturated rings. The summed E-state index contributed by atoms with van der Waals surface area (Å²) in [6.45, 7) is 5.64. The lowest BCUT2D eigenvalue weighted by Gasteiger charge is -2.19. The normalized spacial score (nSPS) is 12.0. The molecule has 0 aliphatic rings. The third kappa shape index (κ3) is 4.50. The molecule has 0 bridgehead atoms. The Bertz CT molecular complexity index is 569. The monoisotopic (exact) mass is 285 g/mol. The minimum absolute atomic E-state index is 0.144. The largest absolute Gasteiger partial charge is 0.497 e. The van der Waals surface area contributed by atoms with Gasteiger partial charge in [-0.05, 0) is 48.9 Å². The van der Waals surface area contributed by atoms with Crippen LogP contribution in [0.25, 0.3) is 0 Å². The van der Waals surface area contributed by atoms with E-state index in [-0.39, 0.29) is 6.04 Å². The van der Waals surface area contributed by atoms with E-state index in [9.17, 15) is 0 Å². The predicted molar refractivity (Wildman–Crippen MR) is 86.1 cm³/mol. The Morgan fingerprint density at radius 3 is 2.52 bits per heavy atom. The summed E-state index contributed by atoms with van der Waals surface area (Å²) in [7, 11) is 1.69. The van der Waals surface area contributed by atoms with Gasteiger partial charge in [0.05, 0.1) is 13.2 Å². The number of ether oxygens (including phenoxy) is 2. The Labute approximate surface area is 126 Å². The Morgan fingerprint density at radius 1 is 1.05 bits per heavy atom. The molecular formula is C18H23NO2. The molecule has 0 radical (unpaired) electrons. The van der Waals surface area contributed by atoms with Crippen molar-refractivity contribution in [3.05, 3.63) is 59.7 Å². The number of methoxy groups -OCH3 is 1. The van der Waals surface area contributed by atoms with Crippen molar-refractivity contribution in [2.24, 2.45) is 0 Å². The molecule has 1 atom stereocenters. The van der Waals surface area contributed by atoms with Crippen LogP contribution in [0.15, 0.2) is 48.5 Å². The van der Waals surface area contributed by atoms with Crippen molar-refractivity contribution in [1.82, 2.24) is 5.32 Å². The lowest BCUT2D eigenvalue weighted by atomic mass is 10.1. The Hall–Kier alpha value is -2.00. The van der Waals surface area contributed by atoms with Gasteiger partial charge in [0.2, 0.25) is 0 Å². The second-order valence-corrected chi connectivity index (χ2v) is 5.01. The average Bonchev–Trinajstić information content (AvgIpc) is 2.51. The molecule has 0 aromatic heterocycles. The van der Waals surface area contributed by atoms with Crippen molar-refractivity contribution in [2.75, 3.05) is 20.3 Å². The zero-order valence-electron chi connectivity index (χ0n) is 12.9. The van der Waals surface area contributed by atoms with E-state index in [4.69, 9.17) is 9.47 Å². The lowest BCUT2D eigenvalue weighted by molar-refractivity contribution is 0.267. The summed E-state index contributed by atoms with van der Waals surface area (Å²) in [5, 5.41) is 3.45. The van der Waals surface area contributed by atoms with Gasteiger partial charge in [-0.15, -0.1) is 0 Å². The van der Waals surface area contributed by atoms with Crippen LogP contribution in [-0.2, 0) is 0 Å². The van der Waals surface area contributed by atoms with E-state index in [1.54, 1.807) is 7.11 Å². The van der Waals surface area contributed by atoms with E-state index in [0.717, 1.165) is 18.0 Å². The van der Waals surface area contributed by atoms with Gasteiger partial charge in [-0.2, -0.15) is 0 Å². The highest BCUT2D eigenvalue weighted by molar-refractivity contribution is 5.31. The highest BCUT2D eigenvalue weighted by Gasteiger charge is 2.12. The number of rotatable bonds is 7. The zero-order valence-corrected chi connectivity index (χ0v) is 12.9. The second-order valence-electron chi connectivity index (χ2n) is 5.01. The molecule has 0 saturated carbocycles. The topological polar surface area (TPSA) is 30.5 Å². The molecule has 2 rings (SSSR count). The number of aryl methyl sites for hydroxylation is 1. The molecule has 0 heterocycles. The molecule has 0 saturated heterocycles. The van der Waals surface area contributed by atoms with Gasteiger partial charge in [-0.3, -0.25) is 0 Å². The summed E-state index contributed by atoms with van der Waals surface area (Å²) in [6, 6.07) is 16.4. The van der Waals surface area contributed by atoms with Crippen LogP contribution in [0.4, 0.5) is 0 Å². The molecule has 1 unspecified atom stereocenters. The lowest BCUT2D eigenvalue weighted by Crippen LogP contribution is -2.26. The summed E-state index contributed by atoms with van der Waals surface area (Å²) in [5.74, 6) is 1.77. The fourth-order valence-corrected chi connectivity index (χ4v) is 2.26. The molecule has 3 heteroatoms. The van der Waals surface area contributed by atoms with Crippen molar-refractivity contribution in [3.63, 3.8) is 0 Å². The highest BCUT2D eigenvalue weighted by atomic mass is 16.5. The SMILES string of the molecule is CCNC(COc1cccc(C)c1)c1cccc(OC)c1. The third-order valence-corrected chi connectivity index (χ3v) is 3.35. The van der Waals surface area contributed by atoms with Crippen LogP contribution in [0.1, 0.15) is 24.1 Å². The zero-order chi connectivity index (χ0) is 15.1. The summed E-state index contributed by atoms with van der Waals surface area (Å²) in [4.78, 5) is 0. The summed E-state index contributed by atoms with van der Waals surface area (Å²) in [6.07, 6.45) is 0. The Balaban J connectivity index is 2.07.